The molecular weight excluding hydrogens is 202 g/mol. The highest BCUT2D eigenvalue weighted by atomic mass is 19.3. The number of nitrogens with zero attached hydrogens (tertiary/aromatic N) is 1. The molecule has 0 aliphatic carbocycles. The van der Waals surface area contributed by atoms with Crippen LogP contribution in [0.3, 0.4) is 0 Å². The predicted octanol–water partition coefficient (Wildman–Crippen LogP) is 1.98. The minimum atomic E-state index is -2.39. The SMILES string of the molecule is COc1ccc(N)c(N(C)CC(F)F)c1. The number of ether oxygens (including phenoxy) is 1. The average molecular weight is 216 g/mol. The van der Waals surface area contributed by atoms with Gasteiger partial charge in [-0.3, -0.25) is 0 Å². The van der Waals surface area contributed by atoms with Gasteiger partial charge in [-0.1, -0.05) is 0 Å². The third-order valence-electron chi connectivity index (χ3n) is 2.06. The first-order chi connectivity index (χ1) is 7.04. The number of hydrogen-bond acceptors (Lipinski definition) is 3. The zero-order valence-corrected chi connectivity index (χ0v) is 8.71. The largest absolute Gasteiger partial charge is 0.497 e. The Labute approximate surface area is 87.4 Å². The van der Waals surface area contributed by atoms with Gasteiger partial charge in [0.05, 0.1) is 25.0 Å². The molecule has 3 nitrogen and oxygen atoms in total. The molecular formula is C10H14F2N2O. The Morgan fingerprint density at radius 3 is 2.67 bits per heavy atom. The van der Waals surface area contributed by atoms with E-state index in [0.29, 0.717) is 17.1 Å². The smallest absolute Gasteiger partial charge is 0.255 e. The molecule has 0 radical (unpaired) electrons. The van der Waals surface area contributed by atoms with E-state index in [-0.39, 0.29) is 6.54 Å². The second-order valence-corrected chi connectivity index (χ2v) is 3.20. The Morgan fingerprint density at radius 2 is 2.13 bits per heavy atom. The van der Waals surface area contributed by atoms with E-state index in [1.165, 1.54) is 12.0 Å². The van der Waals surface area contributed by atoms with E-state index >= 15 is 0 Å². The van der Waals surface area contributed by atoms with Crippen LogP contribution >= 0.6 is 0 Å². The van der Waals surface area contributed by atoms with Crippen LogP contribution in [0.1, 0.15) is 0 Å². The van der Waals surface area contributed by atoms with Crippen LogP contribution in [-0.2, 0) is 0 Å². The van der Waals surface area contributed by atoms with Gasteiger partial charge in [-0.2, -0.15) is 0 Å². The first-order valence-corrected chi connectivity index (χ1v) is 4.47. The molecule has 0 aliphatic rings. The van der Waals surface area contributed by atoms with Crippen molar-refractivity contribution < 1.29 is 13.5 Å². The summed E-state index contributed by atoms with van der Waals surface area (Å²) in [6.45, 7) is -0.350. The molecule has 0 unspecified atom stereocenters. The second-order valence-electron chi connectivity index (χ2n) is 3.20. The minimum absolute atomic E-state index is 0.350. The van der Waals surface area contributed by atoms with E-state index in [1.54, 1.807) is 25.2 Å². The fourth-order valence-electron chi connectivity index (χ4n) is 1.29. The highest BCUT2D eigenvalue weighted by Crippen LogP contribution is 2.27. The molecule has 15 heavy (non-hydrogen) atoms. The van der Waals surface area contributed by atoms with Crippen LogP contribution in [-0.4, -0.2) is 27.1 Å². The molecule has 84 valence electrons. The molecule has 0 aromatic heterocycles. The molecule has 0 heterocycles. The van der Waals surface area contributed by atoms with E-state index in [2.05, 4.69) is 0 Å². The van der Waals surface area contributed by atoms with Gasteiger partial charge in [0.1, 0.15) is 5.75 Å². The predicted molar refractivity (Wildman–Crippen MR) is 56.7 cm³/mol. The standard InChI is InChI=1S/C10H14F2N2O/c1-14(6-10(11)12)9-5-7(15-2)3-4-8(9)13/h3-5,10H,6,13H2,1-2H3. The number of rotatable bonds is 4. The average Bonchev–Trinajstić information content (AvgIpc) is 2.17. The number of anilines is 2. The molecule has 5 heteroatoms. The number of hydrogen-bond donors (Lipinski definition) is 1. The lowest BCUT2D eigenvalue weighted by molar-refractivity contribution is 0.156. The Morgan fingerprint density at radius 1 is 1.47 bits per heavy atom. The van der Waals surface area contributed by atoms with E-state index in [4.69, 9.17) is 10.5 Å². The molecule has 0 saturated heterocycles. The third-order valence-corrected chi connectivity index (χ3v) is 2.06. The monoisotopic (exact) mass is 216 g/mol. The van der Waals surface area contributed by atoms with Crippen molar-refractivity contribution in [3.05, 3.63) is 18.2 Å². The van der Waals surface area contributed by atoms with Crippen LogP contribution in [0.15, 0.2) is 18.2 Å². The summed E-state index contributed by atoms with van der Waals surface area (Å²) in [6.07, 6.45) is -2.39. The number of nitrogen functional groups attached to an aromatic ring is 1. The molecule has 0 bridgehead atoms. The summed E-state index contributed by atoms with van der Waals surface area (Å²) in [6, 6.07) is 4.96. The number of benzene rings is 1. The van der Waals surface area contributed by atoms with E-state index in [1.807, 2.05) is 0 Å². The van der Waals surface area contributed by atoms with Gasteiger partial charge < -0.3 is 15.4 Å². The molecule has 0 amide bonds. The van der Waals surface area contributed by atoms with Crippen LogP contribution in [0.25, 0.3) is 0 Å². The number of halogens is 2. The maximum absolute atomic E-state index is 12.2. The fourth-order valence-corrected chi connectivity index (χ4v) is 1.29. The van der Waals surface area contributed by atoms with Crippen molar-refractivity contribution in [3.63, 3.8) is 0 Å². The fraction of sp³-hybridized carbons (Fsp3) is 0.400. The van der Waals surface area contributed by atoms with Crippen molar-refractivity contribution in [2.24, 2.45) is 0 Å². The summed E-state index contributed by atoms with van der Waals surface area (Å²) in [5.74, 6) is 0.598. The Hall–Kier alpha value is -1.52. The van der Waals surface area contributed by atoms with Gasteiger partial charge >= 0.3 is 0 Å². The van der Waals surface area contributed by atoms with Gasteiger partial charge in [0, 0.05) is 13.1 Å². The minimum Gasteiger partial charge on any atom is -0.497 e. The van der Waals surface area contributed by atoms with E-state index in [0.717, 1.165) is 0 Å². The van der Waals surface area contributed by atoms with Crippen molar-refractivity contribution in [1.29, 1.82) is 0 Å². The second kappa shape index (κ2) is 4.82. The Balaban J connectivity index is 2.91. The zero-order valence-electron chi connectivity index (χ0n) is 8.71. The Kier molecular flexibility index (Phi) is 3.71. The van der Waals surface area contributed by atoms with Crippen molar-refractivity contribution in [2.75, 3.05) is 31.3 Å². The first-order valence-electron chi connectivity index (χ1n) is 4.47. The van der Waals surface area contributed by atoms with Crippen LogP contribution in [0.5, 0.6) is 5.75 Å². The van der Waals surface area contributed by atoms with Gasteiger partial charge in [0.25, 0.3) is 6.43 Å². The van der Waals surface area contributed by atoms with Gasteiger partial charge in [0.2, 0.25) is 0 Å². The Bertz CT molecular complexity index is 331. The summed E-state index contributed by atoms with van der Waals surface area (Å²) in [4.78, 5) is 1.41. The molecule has 1 rings (SSSR count). The van der Waals surface area contributed by atoms with Crippen molar-refractivity contribution in [1.82, 2.24) is 0 Å². The molecule has 2 N–H and O–H groups in total. The molecule has 0 atom stereocenters. The first kappa shape index (κ1) is 11.6. The highest BCUT2D eigenvalue weighted by molar-refractivity contribution is 5.69. The molecule has 0 aliphatic heterocycles. The number of alkyl halides is 2. The van der Waals surface area contributed by atoms with E-state index < -0.39 is 6.43 Å². The van der Waals surface area contributed by atoms with Crippen molar-refractivity contribution >= 4 is 11.4 Å². The molecule has 1 aromatic carbocycles. The van der Waals surface area contributed by atoms with Crippen LogP contribution in [0, 0.1) is 0 Å². The third kappa shape index (κ3) is 2.97. The van der Waals surface area contributed by atoms with Crippen molar-refractivity contribution in [2.45, 2.75) is 6.43 Å². The number of nitrogens with two attached hydrogens (primary N) is 1. The molecule has 0 saturated carbocycles. The molecule has 1 aromatic rings. The number of methoxy groups -OCH3 is 1. The van der Waals surface area contributed by atoms with Crippen LogP contribution < -0.4 is 15.4 Å². The van der Waals surface area contributed by atoms with Gasteiger partial charge in [0.15, 0.2) is 0 Å². The molecule has 0 fully saturated rings. The van der Waals surface area contributed by atoms with Gasteiger partial charge in [-0.25, -0.2) is 8.78 Å². The van der Waals surface area contributed by atoms with Gasteiger partial charge in [-0.05, 0) is 12.1 Å². The maximum Gasteiger partial charge on any atom is 0.255 e. The van der Waals surface area contributed by atoms with Crippen LogP contribution in [0.2, 0.25) is 0 Å². The summed E-state index contributed by atoms with van der Waals surface area (Å²) in [5, 5.41) is 0. The highest BCUT2D eigenvalue weighted by Gasteiger charge is 2.11. The van der Waals surface area contributed by atoms with Gasteiger partial charge in [-0.15, -0.1) is 0 Å². The topological polar surface area (TPSA) is 38.5 Å². The quantitative estimate of drug-likeness (QED) is 0.782. The normalized spacial score (nSPS) is 10.5. The van der Waals surface area contributed by atoms with Crippen molar-refractivity contribution in [3.8, 4) is 5.75 Å². The summed E-state index contributed by atoms with van der Waals surface area (Å²) >= 11 is 0. The summed E-state index contributed by atoms with van der Waals surface area (Å²) < 4.78 is 29.3. The lowest BCUT2D eigenvalue weighted by atomic mass is 10.2. The zero-order chi connectivity index (χ0) is 11.4. The molecule has 0 spiro atoms. The van der Waals surface area contributed by atoms with Crippen LogP contribution in [0.4, 0.5) is 20.2 Å². The summed E-state index contributed by atoms with van der Waals surface area (Å²) in [7, 11) is 3.08. The lowest BCUT2D eigenvalue weighted by Crippen LogP contribution is -2.24. The maximum atomic E-state index is 12.2. The lowest BCUT2D eigenvalue weighted by Gasteiger charge is -2.21. The summed E-state index contributed by atoms with van der Waals surface area (Å²) in [5.41, 5.74) is 6.69. The van der Waals surface area contributed by atoms with E-state index in [9.17, 15) is 8.78 Å².